The van der Waals surface area contributed by atoms with Crippen LogP contribution < -0.4 is 0 Å². The molecule has 0 aromatic heterocycles. The lowest BCUT2D eigenvalue weighted by Crippen LogP contribution is -2.48. The van der Waals surface area contributed by atoms with Gasteiger partial charge in [0.05, 0.1) is 25.4 Å². The smallest absolute Gasteiger partial charge is 0.410 e. The number of nitrogens with zero attached hydrogens (tertiary/aromatic N) is 1. The lowest BCUT2D eigenvalue weighted by molar-refractivity contribution is -0.228. The highest BCUT2D eigenvalue weighted by atomic mass is 16.7. The monoisotopic (exact) mass is 581 g/mol. The molecule has 1 aliphatic carbocycles. The summed E-state index contributed by atoms with van der Waals surface area (Å²) in [4.78, 5) is 27.9. The second kappa shape index (κ2) is 14.0. The summed E-state index contributed by atoms with van der Waals surface area (Å²) in [5.74, 6) is -0.681. The van der Waals surface area contributed by atoms with Crippen molar-refractivity contribution in [2.45, 2.75) is 82.5 Å². The van der Waals surface area contributed by atoms with E-state index in [1.54, 1.807) is 0 Å². The molecule has 0 bridgehead atoms. The summed E-state index contributed by atoms with van der Waals surface area (Å²) in [6.45, 7) is 5.33. The Bertz CT molecular complexity index is 1160. The first kappa shape index (κ1) is 30.5. The van der Waals surface area contributed by atoms with E-state index in [0.29, 0.717) is 19.6 Å². The van der Waals surface area contributed by atoms with E-state index in [0.717, 1.165) is 54.4 Å². The van der Waals surface area contributed by atoms with Crippen LogP contribution >= 0.6 is 0 Å². The van der Waals surface area contributed by atoms with Gasteiger partial charge in [-0.1, -0.05) is 48.5 Å². The van der Waals surface area contributed by atoms with Gasteiger partial charge < -0.3 is 28.4 Å². The first-order valence-corrected chi connectivity index (χ1v) is 15.1. The molecule has 0 spiro atoms. The number of rotatable bonds is 11. The summed E-state index contributed by atoms with van der Waals surface area (Å²) in [6.07, 6.45) is 3.87. The third kappa shape index (κ3) is 7.50. The van der Waals surface area contributed by atoms with Gasteiger partial charge in [-0.2, -0.15) is 0 Å². The molecular weight excluding hydrogens is 538 g/mol. The van der Waals surface area contributed by atoms with Crippen molar-refractivity contribution in [3.8, 4) is 11.1 Å². The van der Waals surface area contributed by atoms with E-state index in [-0.39, 0.29) is 32.0 Å². The van der Waals surface area contributed by atoms with Gasteiger partial charge in [0, 0.05) is 26.0 Å². The van der Waals surface area contributed by atoms with E-state index in [4.69, 9.17) is 28.4 Å². The van der Waals surface area contributed by atoms with Gasteiger partial charge in [0.1, 0.15) is 6.61 Å². The molecule has 1 amide bonds. The van der Waals surface area contributed by atoms with Crippen LogP contribution in [0.1, 0.15) is 69.4 Å². The molecule has 5 rings (SSSR count). The van der Waals surface area contributed by atoms with E-state index in [1.165, 1.54) is 11.9 Å². The van der Waals surface area contributed by atoms with Crippen molar-refractivity contribution in [3.05, 3.63) is 59.7 Å². The number of hydrogen-bond donors (Lipinski definition) is 0. The van der Waals surface area contributed by atoms with Gasteiger partial charge in [0.2, 0.25) is 6.29 Å². The third-order valence-corrected chi connectivity index (χ3v) is 8.06. The van der Waals surface area contributed by atoms with Gasteiger partial charge in [-0.25, -0.2) is 9.59 Å². The fraction of sp³-hybridized carbons (Fsp3) is 0.576. The Balaban J connectivity index is 1.22. The number of fused-ring (bicyclic) bond motifs is 3. The molecule has 3 unspecified atom stereocenters. The number of carbonyl (C=O) groups is 2. The van der Waals surface area contributed by atoms with E-state index >= 15 is 0 Å². The average Bonchev–Trinajstić information content (AvgIpc) is 3.32. The molecule has 3 aliphatic rings. The third-order valence-electron chi connectivity index (χ3n) is 8.06. The van der Waals surface area contributed by atoms with E-state index in [2.05, 4.69) is 24.3 Å². The maximum absolute atomic E-state index is 13.4. The molecule has 228 valence electrons. The second-order valence-corrected chi connectivity index (χ2v) is 11.9. The normalized spacial score (nSPS) is 21.2. The Hall–Kier alpha value is -2.98. The summed E-state index contributed by atoms with van der Waals surface area (Å²) in [6, 6.07) is 15.3. The molecular formula is C33H43NO8. The fourth-order valence-corrected chi connectivity index (χ4v) is 5.78. The zero-order valence-corrected chi connectivity index (χ0v) is 24.9. The number of hydrogen-bond acceptors (Lipinski definition) is 8. The van der Waals surface area contributed by atoms with Crippen LogP contribution in [-0.4, -0.2) is 81.3 Å². The highest BCUT2D eigenvalue weighted by Gasteiger charge is 2.35. The lowest BCUT2D eigenvalue weighted by atomic mass is 9.98. The van der Waals surface area contributed by atoms with Gasteiger partial charge in [-0.05, 0) is 68.2 Å². The van der Waals surface area contributed by atoms with Gasteiger partial charge in [0.25, 0.3) is 0 Å². The van der Waals surface area contributed by atoms with Crippen LogP contribution in [0.3, 0.4) is 0 Å². The van der Waals surface area contributed by atoms with E-state index < -0.39 is 30.0 Å². The Morgan fingerprint density at radius 1 is 0.905 bits per heavy atom. The molecule has 2 fully saturated rings. The lowest BCUT2D eigenvalue weighted by Gasteiger charge is -2.33. The summed E-state index contributed by atoms with van der Waals surface area (Å²) in [5, 5.41) is 0. The maximum atomic E-state index is 13.4. The minimum Gasteiger partial charge on any atom is -0.448 e. The van der Waals surface area contributed by atoms with Crippen LogP contribution in [0, 0.1) is 0 Å². The zero-order valence-electron chi connectivity index (χ0n) is 24.9. The Labute approximate surface area is 248 Å². The summed E-state index contributed by atoms with van der Waals surface area (Å²) >= 11 is 0. The number of benzene rings is 2. The van der Waals surface area contributed by atoms with Gasteiger partial charge >= 0.3 is 12.1 Å². The maximum Gasteiger partial charge on any atom is 0.410 e. The van der Waals surface area contributed by atoms with Crippen LogP contribution in [0.4, 0.5) is 4.79 Å². The van der Waals surface area contributed by atoms with Crippen LogP contribution in [-0.2, 0) is 33.2 Å². The van der Waals surface area contributed by atoms with Gasteiger partial charge in [-0.15, -0.1) is 0 Å². The predicted molar refractivity (Wildman–Crippen MR) is 156 cm³/mol. The molecule has 2 heterocycles. The molecule has 2 aromatic rings. The van der Waals surface area contributed by atoms with E-state index in [9.17, 15) is 9.59 Å². The number of amides is 1. The highest BCUT2D eigenvalue weighted by Crippen LogP contribution is 2.44. The number of carbonyl (C=O) groups excluding carboxylic acids is 2. The molecule has 9 heteroatoms. The van der Waals surface area contributed by atoms with Crippen molar-refractivity contribution >= 4 is 12.1 Å². The molecule has 2 aliphatic heterocycles. The molecule has 2 aromatic carbocycles. The molecule has 2 saturated heterocycles. The standard InChI is InChI=1S/C33H43NO8/c1-33(2,42-30-17-9-11-19-39-30)22-37-21-28(31(35)41-29-16-8-10-18-38-29)34(3)32(36)40-20-27-25-14-6-4-12-23(25)24-13-5-7-15-26(24)27/h4-7,12-15,27-30H,8-11,16-22H2,1-3H3. The van der Waals surface area contributed by atoms with E-state index in [1.807, 2.05) is 38.1 Å². The summed E-state index contributed by atoms with van der Waals surface area (Å²) < 4.78 is 34.9. The first-order chi connectivity index (χ1) is 20.3. The van der Waals surface area contributed by atoms with Crippen molar-refractivity contribution in [3.63, 3.8) is 0 Å². The first-order valence-electron chi connectivity index (χ1n) is 15.1. The molecule has 0 N–H and O–H groups in total. The van der Waals surface area contributed by atoms with Crippen LogP contribution in [0.2, 0.25) is 0 Å². The van der Waals surface area contributed by atoms with Crippen molar-refractivity contribution < 1.29 is 38.0 Å². The fourth-order valence-electron chi connectivity index (χ4n) is 5.78. The van der Waals surface area contributed by atoms with Crippen LogP contribution in [0.15, 0.2) is 48.5 Å². The van der Waals surface area contributed by atoms with Gasteiger partial charge in [0.15, 0.2) is 12.3 Å². The minimum absolute atomic E-state index is 0.0788. The van der Waals surface area contributed by atoms with Gasteiger partial charge in [-0.3, -0.25) is 4.90 Å². The summed E-state index contributed by atoms with van der Waals surface area (Å²) in [5.41, 5.74) is 3.88. The topological polar surface area (TPSA) is 92.8 Å². The molecule has 42 heavy (non-hydrogen) atoms. The highest BCUT2D eigenvalue weighted by molar-refractivity contribution is 5.82. The largest absolute Gasteiger partial charge is 0.448 e. The molecule has 9 nitrogen and oxygen atoms in total. The minimum atomic E-state index is -1.02. The number of ether oxygens (including phenoxy) is 6. The van der Waals surface area contributed by atoms with Crippen LogP contribution in [0.25, 0.3) is 11.1 Å². The Morgan fingerprint density at radius 2 is 1.50 bits per heavy atom. The summed E-state index contributed by atoms with van der Waals surface area (Å²) in [7, 11) is 1.54. The zero-order chi connectivity index (χ0) is 29.5. The number of likely N-dealkylation sites (N-methyl/N-ethyl adjacent to an activating group) is 1. The molecule has 0 radical (unpaired) electrons. The molecule has 3 atom stereocenters. The second-order valence-electron chi connectivity index (χ2n) is 11.9. The Kier molecular flexibility index (Phi) is 10.2. The molecule has 0 saturated carbocycles. The predicted octanol–water partition coefficient (Wildman–Crippen LogP) is 5.64. The van der Waals surface area contributed by atoms with Crippen LogP contribution in [0.5, 0.6) is 0 Å². The van der Waals surface area contributed by atoms with Crippen molar-refractivity contribution in [1.82, 2.24) is 4.90 Å². The Morgan fingerprint density at radius 3 is 2.10 bits per heavy atom. The van der Waals surface area contributed by atoms with Crippen molar-refractivity contribution in [2.24, 2.45) is 0 Å². The van der Waals surface area contributed by atoms with Crippen molar-refractivity contribution in [2.75, 3.05) is 40.1 Å². The SMILES string of the molecule is CN(C(=O)OCC1c2ccccc2-c2ccccc21)C(COCC(C)(C)OC1CCCCO1)C(=O)OC1CCCCO1. The quantitative estimate of drug-likeness (QED) is 0.315. The van der Waals surface area contributed by atoms with Crippen molar-refractivity contribution in [1.29, 1.82) is 0 Å². The number of esters is 1. The average molecular weight is 582 g/mol.